The van der Waals surface area contributed by atoms with Crippen molar-refractivity contribution in [2.24, 2.45) is 23.7 Å². The summed E-state index contributed by atoms with van der Waals surface area (Å²) in [5.41, 5.74) is 11.3. The predicted molar refractivity (Wildman–Crippen MR) is 241 cm³/mol. The van der Waals surface area contributed by atoms with E-state index in [-0.39, 0.29) is 54.8 Å². The molecule has 2 aliphatic heterocycles. The van der Waals surface area contributed by atoms with E-state index in [1.54, 1.807) is 0 Å². The maximum atomic E-state index is 15.1. The van der Waals surface area contributed by atoms with Gasteiger partial charge in [0, 0.05) is 52.1 Å². The molecule has 4 amide bonds. The molecule has 2 aromatic heterocycles. The number of nitrogens with one attached hydrogen (secondary N) is 6. The molecule has 0 bridgehead atoms. The zero-order chi connectivity index (χ0) is 46.1. The van der Waals surface area contributed by atoms with Gasteiger partial charge in [-0.3, -0.25) is 31.3 Å². The van der Waals surface area contributed by atoms with E-state index in [0.717, 1.165) is 96.0 Å². The first-order chi connectivity index (χ1) is 31.5. The second-order valence-electron chi connectivity index (χ2n) is 17.2. The van der Waals surface area contributed by atoms with Crippen LogP contribution in [0, 0.1) is 35.3 Å². The molecule has 2 aliphatic carbocycles. The number of benzene rings is 1. The van der Waals surface area contributed by atoms with Gasteiger partial charge in [-0.05, 0) is 43.1 Å². The maximum absolute atomic E-state index is 15.1. The van der Waals surface area contributed by atoms with Crippen molar-refractivity contribution in [3.63, 3.8) is 0 Å². The number of hydrogen-bond donors (Lipinski definition) is 7. The summed E-state index contributed by atoms with van der Waals surface area (Å²) in [4.78, 5) is 69.6. The van der Waals surface area contributed by atoms with Crippen LogP contribution >= 0.6 is 0 Å². The van der Waals surface area contributed by atoms with E-state index in [2.05, 4.69) is 52.3 Å². The summed E-state index contributed by atoms with van der Waals surface area (Å²) in [7, 11) is 0. The summed E-state index contributed by atoms with van der Waals surface area (Å²) in [5.74, 6) is -0.720. The van der Waals surface area contributed by atoms with Gasteiger partial charge in [0.15, 0.2) is 23.3 Å². The molecule has 0 radical (unpaired) electrons. The fourth-order valence-electron chi connectivity index (χ4n) is 8.42. The van der Waals surface area contributed by atoms with Gasteiger partial charge in [0.25, 0.3) is 0 Å². The second-order valence-corrected chi connectivity index (χ2v) is 17.2. The van der Waals surface area contributed by atoms with E-state index < -0.39 is 35.7 Å². The number of aryl methyl sites for hydroxylation is 2. The molecule has 1 aromatic carbocycles. The number of aromatic nitrogens is 4. The number of carbonyl (C=O) groups excluding carboxylic acids is 3. The molecule has 7 rings (SSSR count). The standard InChI is InChI=1S/C26H35FN6O3.C19H29FN6O3/c1-2-21-29-23(22(27)24(30-21)33-13-8-14-33)31-32-25(34)20(15-18-9-6-7-10-18)16-28-26(35)36-17-19-11-4-3-5-12-19;1-2-14-22-16(15(20)17(23-14)26-8-5-9-26)24-25-18(27)13(11-21-19(28)29)10-12-6-3-4-7-12/h3-5,11-12,18,20H,2,6-10,13-17H2,1H3,(H,28,35)(H,32,34)(H,29,30,31);12-13,21H,2-11H2,1H3,(H,25,27)(H,28,29)(H,22,23,24)/t20-;13-/m11/s1. The number of halogens is 2. The lowest BCUT2D eigenvalue weighted by Crippen LogP contribution is -2.42. The summed E-state index contributed by atoms with van der Waals surface area (Å²) >= 11 is 0. The molecule has 2 saturated heterocycles. The van der Waals surface area contributed by atoms with Crippen LogP contribution in [0.25, 0.3) is 0 Å². The average molecular weight is 907 g/mol. The monoisotopic (exact) mass is 907 g/mol. The van der Waals surface area contributed by atoms with Crippen molar-refractivity contribution < 1.29 is 37.8 Å². The lowest BCUT2D eigenvalue weighted by atomic mass is 9.92. The Hall–Kier alpha value is -6.08. The van der Waals surface area contributed by atoms with Gasteiger partial charge in [0.2, 0.25) is 23.4 Å². The Bertz CT molecular complexity index is 2050. The van der Waals surface area contributed by atoms with Crippen LogP contribution in [0.5, 0.6) is 0 Å². The fraction of sp³-hybridized carbons (Fsp3) is 0.600. The molecule has 65 heavy (non-hydrogen) atoms. The summed E-state index contributed by atoms with van der Waals surface area (Å²) in [6, 6.07) is 9.40. The smallest absolute Gasteiger partial charge is 0.407 e. The highest BCUT2D eigenvalue weighted by Crippen LogP contribution is 2.32. The van der Waals surface area contributed by atoms with Gasteiger partial charge in [-0.15, -0.1) is 0 Å². The van der Waals surface area contributed by atoms with E-state index >= 15 is 4.39 Å². The largest absolute Gasteiger partial charge is 0.465 e. The Balaban J connectivity index is 0.000000221. The van der Waals surface area contributed by atoms with Gasteiger partial charge >= 0.3 is 12.2 Å². The summed E-state index contributed by atoms with van der Waals surface area (Å²) in [6.07, 6.45) is 11.3. The molecule has 2 atom stereocenters. The third-order valence-electron chi connectivity index (χ3n) is 12.4. The predicted octanol–water partition coefficient (Wildman–Crippen LogP) is 6.25. The number of anilines is 4. The average Bonchev–Trinajstić information content (AvgIpc) is 4.00. The fourth-order valence-corrected chi connectivity index (χ4v) is 8.42. The molecule has 7 N–H and O–H groups in total. The molecule has 3 aromatic rings. The van der Waals surface area contributed by atoms with E-state index in [4.69, 9.17) is 9.84 Å². The van der Waals surface area contributed by atoms with Gasteiger partial charge in [0.05, 0.1) is 11.8 Å². The van der Waals surface area contributed by atoms with Crippen molar-refractivity contribution in [2.45, 2.75) is 110 Å². The van der Waals surface area contributed by atoms with Crippen molar-refractivity contribution in [3.8, 4) is 0 Å². The topological polar surface area (TPSA) is 228 Å². The first-order valence-corrected chi connectivity index (χ1v) is 23.2. The Morgan fingerprint density at radius 1 is 0.677 bits per heavy atom. The van der Waals surface area contributed by atoms with Crippen molar-refractivity contribution in [1.29, 1.82) is 0 Å². The van der Waals surface area contributed by atoms with Crippen LogP contribution in [0.1, 0.15) is 108 Å². The van der Waals surface area contributed by atoms with Crippen molar-refractivity contribution >= 4 is 47.3 Å². The number of nitrogens with zero attached hydrogens (tertiary/aromatic N) is 6. The van der Waals surface area contributed by atoms with Crippen LogP contribution in [0.3, 0.4) is 0 Å². The van der Waals surface area contributed by atoms with E-state index in [1.807, 2.05) is 54.0 Å². The zero-order valence-corrected chi connectivity index (χ0v) is 37.5. The molecule has 0 unspecified atom stereocenters. The second kappa shape index (κ2) is 24.3. The number of rotatable bonds is 20. The van der Waals surface area contributed by atoms with E-state index in [0.29, 0.717) is 49.2 Å². The lowest BCUT2D eigenvalue weighted by Gasteiger charge is -2.32. The van der Waals surface area contributed by atoms with E-state index in [9.17, 15) is 23.6 Å². The lowest BCUT2D eigenvalue weighted by molar-refractivity contribution is -0.125. The number of hydrogen-bond acceptors (Lipinski definition) is 13. The summed E-state index contributed by atoms with van der Waals surface area (Å²) in [6.45, 7) is 7.06. The quantitative estimate of drug-likeness (QED) is 0.0623. The van der Waals surface area contributed by atoms with Crippen LogP contribution in [-0.2, 0) is 33.8 Å². The molecule has 18 nitrogen and oxygen atoms in total. The highest BCUT2D eigenvalue weighted by atomic mass is 19.1. The summed E-state index contributed by atoms with van der Waals surface area (Å²) in [5, 5.41) is 13.9. The van der Waals surface area contributed by atoms with Gasteiger partial charge < -0.3 is 30.3 Å². The molecule has 0 spiro atoms. The molecule has 20 heteroatoms. The van der Waals surface area contributed by atoms with Gasteiger partial charge in [-0.1, -0.05) is 95.5 Å². The van der Waals surface area contributed by atoms with Crippen LogP contribution < -0.4 is 42.1 Å². The normalized spacial score (nSPS) is 16.8. The van der Waals surface area contributed by atoms with E-state index in [1.165, 1.54) is 0 Å². The van der Waals surface area contributed by atoms with Crippen molar-refractivity contribution in [3.05, 3.63) is 59.2 Å². The van der Waals surface area contributed by atoms with Crippen LogP contribution in [0.4, 0.5) is 41.6 Å². The Labute approximate surface area is 378 Å². The highest BCUT2D eigenvalue weighted by Gasteiger charge is 2.30. The molecule has 4 heterocycles. The van der Waals surface area contributed by atoms with Crippen LogP contribution in [0.2, 0.25) is 0 Å². The maximum Gasteiger partial charge on any atom is 0.407 e. The minimum absolute atomic E-state index is 0.0187. The molecule has 4 fully saturated rings. The molecular formula is C45H64F2N12O6. The third-order valence-corrected chi connectivity index (χ3v) is 12.4. The Kier molecular flexibility index (Phi) is 18.1. The van der Waals surface area contributed by atoms with Crippen molar-refractivity contribution in [1.82, 2.24) is 41.4 Å². The Morgan fingerprint density at radius 2 is 1.12 bits per heavy atom. The minimum Gasteiger partial charge on any atom is -0.465 e. The van der Waals surface area contributed by atoms with Gasteiger partial charge in [-0.25, -0.2) is 29.5 Å². The number of hydrazine groups is 2. The number of carbonyl (C=O) groups is 4. The molecule has 4 aliphatic rings. The number of alkyl carbamates (subject to hydrolysis) is 1. The number of ether oxygens (including phenoxy) is 1. The first-order valence-electron chi connectivity index (χ1n) is 23.2. The van der Waals surface area contributed by atoms with Crippen LogP contribution in [-0.4, -0.2) is 88.3 Å². The van der Waals surface area contributed by atoms with Crippen molar-refractivity contribution in [2.75, 3.05) is 59.9 Å². The minimum atomic E-state index is -1.17. The Morgan fingerprint density at radius 3 is 1.52 bits per heavy atom. The molecular weight excluding hydrogens is 843 g/mol. The molecule has 354 valence electrons. The molecule has 2 saturated carbocycles. The van der Waals surface area contributed by atoms with Gasteiger partial charge in [0.1, 0.15) is 18.3 Å². The first kappa shape index (κ1) is 48.4. The SMILES string of the molecule is CCc1nc(NNC(=O)[C@@H](CNC(=O)O)CC2CCCC2)c(F)c(N2CCC2)n1.CCc1nc(NNC(=O)[C@@H](CNC(=O)OCc2ccccc2)CC2CCCC2)c(F)c(N2CCC2)n1. The highest BCUT2D eigenvalue weighted by molar-refractivity contribution is 5.81. The van der Waals surface area contributed by atoms with Gasteiger partial charge in [-0.2, -0.15) is 8.78 Å². The number of carboxylic acid groups (broad SMARTS) is 1. The number of amides is 4. The van der Waals surface area contributed by atoms with Crippen LogP contribution in [0.15, 0.2) is 30.3 Å². The zero-order valence-electron chi connectivity index (χ0n) is 37.5. The third kappa shape index (κ3) is 14.2. The summed E-state index contributed by atoms with van der Waals surface area (Å²) < 4.78 is 35.2.